The van der Waals surface area contributed by atoms with Gasteiger partial charge in [0.2, 0.25) is 0 Å². The summed E-state index contributed by atoms with van der Waals surface area (Å²) in [6, 6.07) is 8.94. The highest BCUT2D eigenvalue weighted by molar-refractivity contribution is 7.90. The number of fused-ring (bicyclic) bond motifs is 1. The lowest BCUT2D eigenvalue weighted by molar-refractivity contribution is 0.0289. The lowest BCUT2D eigenvalue weighted by atomic mass is 9.81. The lowest BCUT2D eigenvalue weighted by Gasteiger charge is -2.37. The van der Waals surface area contributed by atoms with Crippen molar-refractivity contribution in [3.8, 4) is 5.69 Å². The third kappa shape index (κ3) is 5.71. The van der Waals surface area contributed by atoms with E-state index in [0.717, 1.165) is 101 Å². The number of hydrogen-bond acceptors (Lipinski definition) is 9. The van der Waals surface area contributed by atoms with Crippen molar-refractivity contribution in [1.29, 1.82) is 0 Å². The number of amides is 1. The molecule has 2 aliphatic heterocycles. The molecule has 1 aromatic carbocycles. The SMILES string of the molecule is O=C(NS(=O)(=O)c1ccoc1)c1cc(N2CCC(CN3CCOCC3)CC2)c2c(C3CCC3)nn(-c3ccc(F)cc3)c2n1. The first-order chi connectivity index (χ1) is 21.4. The number of morpholine rings is 1. The summed E-state index contributed by atoms with van der Waals surface area (Å²) in [5.74, 6) is -0.423. The van der Waals surface area contributed by atoms with Gasteiger partial charge in [0.05, 0.1) is 41.9 Å². The summed E-state index contributed by atoms with van der Waals surface area (Å²) in [4.78, 5) is 22.8. The molecule has 13 heteroatoms. The zero-order chi connectivity index (χ0) is 30.3. The van der Waals surface area contributed by atoms with Crippen LogP contribution in [0.1, 0.15) is 54.2 Å². The van der Waals surface area contributed by atoms with E-state index in [4.69, 9.17) is 19.2 Å². The molecule has 3 aliphatic rings. The maximum absolute atomic E-state index is 13.9. The highest BCUT2D eigenvalue weighted by atomic mass is 32.2. The highest BCUT2D eigenvalue weighted by Gasteiger charge is 2.32. The number of nitrogens with one attached hydrogen (secondary N) is 1. The second kappa shape index (κ2) is 11.9. The Morgan fingerprint density at radius 1 is 1.02 bits per heavy atom. The van der Waals surface area contributed by atoms with Crippen LogP contribution in [-0.2, 0) is 14.8 Å². The van der Waals surface area contributed by atoms with Crippen LogP contribution in [0, 0.1) is 11.7 Å². The number of carbonyl (C=O) groups is 1. The van der Waals surface area contributed by atoms with Gasteiger partial charge in [-0.3, -0.25) is 9.69 Å². The van der Waals surface area contributed by atoms with Crippen LogP contribution < -0.4 is 9.62 Å². The van der Waals surface area contributed by atoms with Crippen molar-refractivity contribution in [1.82, 2.24) is 24.4 Å². The molecule has 2 saturated heterocycles. The predicted octanol–water partition coefficient (Wildman–Crippen LogP) is 4.09. The van der Waals surface area contributed by atoms with Crippen LogP contribution in [0.2, 0.25) is 0 Å². The minimum Gasteiger partial charge on any atom is -0.471 e. The zero-order valence-corrected chi connectivity index (χ0v) is 25.1. The number of furan rings is 1. The van der Waals surface area contributed by atoms with Gasteiger partial charge in [0.1, 0.15) is 22.7 Å². The summed E-state index contributed by atoms with van der Waals surface area (Å²) in [7, 11) is -4.17. The largest absolute Gasteiger partial charge is 0.471 e. The molecular weight excluding hydrogens is 587 g/mol. The molecule has 3 fully saturated rings. The van der Waals surface area contributed by atoms with Gasteiger partial charge in [-0.15, -0.1) is 0 Å². The molecule has 1 saturated carbocycles. The molecule has 0 unspecified atom stereocenters. The first-order valence-electron chi connectivity index (χ1n) is 15.2. The van der Waals surface area contributed by atoms with Crippen molar-refractivity contribution in [3.05, 3.63) is 66.1 Å². The molecule has 4 aromatic rings. The molecule has 1 N–H and O–H groups in total. The van der Waals surface area contributed by atoms with Crippen LogP contribution in [-0.4, -0.2) is 79.9 Å². The van der Waals surface area contributed by atoms with Gasteiger partial charge in [0, 0.05) is 38.6 Å². The molecule has 232 valence electrons. The molecule has 1 aliphatic carbocycles. The fraction of sp³-hybridized carbons (Fsp3) is 0.452. The first kappa shape index (κ1) is 28.9. The monoisotopic (exact) mass is 622 g/mol. The van der Waals surface area contributed by atoms with E-state index in [1.54, 1.807) is 22.9 Å². The Morgan fingerprint density at radius 2 is 1.77 bits per heavy atom. The van der Waals surface area contributed by atoms with E-state index >= 15 is 0 Å². The summed E-state index contributed by atoms with van der Waals surface area (Å²) in [5, 5.41) is 5.86. The molecule has 5 heterocycles. The van der Waals surface area contributed by atoms with Crippen LogP contribution in [0.15, 0.2) is 58.2 Å². The molecule has 44 heavy (non-hydrogen) atoms. The van der Waals surface area contributed by atoms with Gasteiger partial charge in [0.15, 0.2) is 5.65 Å². The first-order valence-corrected chi connectivity index (χ1v) is 16.7. The van der Waals surface area contributed by atoms with Crippen molar-refractivity contribution < 1.29 is 26.8 Å². The van der Waals surface area contributed by atoms with E-state index in [1.165, 1.54) is 24.5 Å². The second-order valence-electron chi connectivity index (χ2n) is 11.9. The molecule has 11 nitrogen and oxygen atoms in total. The number of carbonyl (C=O) groups excluding carboxylic acids is 1. The predicted molar refractivity (Wildman–Crippen MR) is 161 cm³/mol. The topological polar surface area (TPSA) is 123 Å². The number of sulfonamides is 1. The van der Waals surface area contributed by atoms with Crippen LogP contribution in [0.4, 0.5) is 10.1 Å². The number of rotatable bonds is 8. The summed E-state index contributed by atoms with van der Waals surface area (Å²) in [6.07, 6.45) is 7.38. The summed E-state index contributed by atoms with van der Waals surface area (Å²) < 4.78 is 53.9. The Hall–Kier alpha value is -3.81. The van der Waals surface area contributed by atoms with Crippen molar-refractivity contribution in [3.63, 3.8) is 0 Å². The number of nitrogens with zero attached hydrogens (tertiary/aromatic N) is 5. The van der Waals surface area contributed by atoms with Gasteiger partial charge in [-0.25, -0.2) is 27.2 Å². The summed E-state index contributed by atoms with van der Waals surface area (Å²) in [6.45, 7) is 6.08. The van der Waals surface area contributed by atoms with E-state index in [9.17, 15) is 17.6 Å². The third-order valence-electron chi connectivity index (χ3n) is 9.05. The molecule has 1 amide bonds. The zero-order valence-electron chi connectivity index (χ0n) is 24.3. The number of piperidine rings is 1. The van der Waals surface area contributed by atoms with E-state index in [1.807, 2.05) is 0 Å². The van der Waals surface area contributed by atoms with Crippen molar-refractivity contribution >= 4 is 32.7 Å². The molecule has 0 bridgehead atoms. The van der Waals surface area contributed by atoms with Crippen molar-refractivity contribution in [2.45, 2.75) is 42.9 Å². The van der Waals surface area contributed by atoms with E-state index in [2.05, 4.69) is 14.5 Å². The fourth-order valence-corrected chi connectivity index (χ4v) is 7.25. The Balaban J connectivity index is 1.28. The minimum atomic E-state index is -4.17. The van der Waals surface area contributed by atoms with Crippen molar-refractivity contribution in [2.24, 2.45) is 5.92 Å². The summed E-state index contributed by atoms with van der Waals surface area (Å²) >= 11 is 0. The normalized spacial score (nSPS) is 18.9. The van der Waals surface area contributed by atoms with Crippen molar-refractivity contribution in [2.75, 3.05) is 50.8 Å². The van der Waals surface area contributed by atoms with Crippen LogP contribution in [0.25, 0.3) is 16.7 Å². The van der Waals surface area contributed by atoms with Crippen LogP contribution in [0.5, 0.6) is 0 Å². The molecule has 0 atom stereocenters. The van der Waals surface area contributed by atoms with E-state index < -0.39 is 15.9 Å². The molecule has 0 radical (unpaired) electrons. The Morgan fingerprint density at radius 3 is 2.43 bits per heavy atom. The second-order valence-corrected chi connectivity index (χ2v) is 13.5. The Labute approximate surface area is 255 Å². The number of pyridine rings is 1. The number of halogens is 1. The smallest absolute Gasteiger partial charge is 0.283 e. The highest BCUT2D eigenvalue weighted by Crippen LogP contribution is 2.43. The maximum Gasteiger partial charge on any atom is 0.283 e. The standard InChI is InChI=1S/C31H35FN6O5S/c32-23-4-6-24(7-5-23)38-30-28(29(34-38)22-2-1-3-22)27(37-11-8-21(9-12-37)19-36-13-16-42-17-14-36)18-26(33-30)31(39)35-44(40,41)25-10-15-43-20-25/h4-7,10,15,18,20-22H,1-3,8-9,11-14,16-17,19H2,(H,35,39). The molecule has 0 spiro atoms. The van der Waals surface area contributed by atoms with Crippen LogP contribution >= 0.6 is 0 Å². The van der Waals surface area contributed by atoms with Crippen LogP contribution in [0.3, 0.4) is 0 Å². The number of aromatic nitrogens is 3. The number of hydrogen-bond donors (Lipinski definition) is 1. The van der Waals surface area contributed by atoms with Gasteiger partial charge >= 0.3 is 0 Å². The number of benzene rings is 1. The van der Waals surface area contributed by atoms with Gasteiger partial charge in [-0.2, -0.15) is 5.10 Å². The average molecular weight is 623 g/mol. The van der Waals surface area contributed by atoms with Gasteiger partial charge in [0.25, 0.3) is 15.9 Å². The maximum atomic E-state index is 13.9. The molecular formula is C31H35FN6O5S. The Kier molecular flexibility index (Phi) is 7.85. The van der Waals surface area contributed by atoms with Gasteiger partial charge in [-0.05, 0) is 68.0 Å². The third-order valence-corrected chi connectivity index (χ3v) is 10.4. The molecule has 7 rings (SSSR count). The van der Waals surface area contributed by atoms with E-state index in [0.29, 0.717) is 17.3 Å². The minimum absolute atomic E-state index is 0.0431. The fourth-order valence-electron chi connectivity index (χ4n) is 6.36. The number of ether oxygens (including phenoxy) is 1. The van der Waals surface area contributed by atoms with Gasteiger partial charge in [-0.1, -0.05) is 6.42 Å². The molecule has 3 aromatic heterocycles. The van der Waals surface area contributed by atoms with Gasteiger partial charge < -0.3 is 14.1 Å². The number of anilines is 1. The quantitative estimate of drug-likeness (QED) is 0.310. The Bertz CT molecular complexity index is 1740. The van der Waals surface area contributed by atoms with E-state index in [-0.39, 0.29) is 22.3 Å². The average Bonchev–Trinajstić information content (AvgIpc) is 3.67. The lowest BCUT2D eigenvalue weighted by Crippen LogP contribution is -2.43. The summed E-state index contributed by atoms with van der Waals surface area (Å²) in [5.41, 5.74) is 2.73.